The van der Waals surface area contributed by atoms with Crippen LogP contribution >= 0.6 is 0 Å². The summed E-state index contributed by atoms with van der Waals surface area (Å²) in [4.78, 5) is 13.2. The molecule has 158 valence electrons. The molecule has 6 nitrogen and oxygen atoms in total. The number of nitrogens with zero attached hydrogens (tertiary/aromatic N) is 1. The van der Waals surface area contributed by atoms with Crippen molar-refractivity contribution in [1.82, 2.24) is 5.32 Å². The summed E-state index contributed by atoms with van der Waals surface area (Å²) in [5.74, 6) is 1.22. The molecule has 0 saturated carbocycles. The number of anilines is 1. The Balaban J connectivity index is 1.48. The van der Waals surface area contributed by atoms with Crippen molar-refractivity contribution in [3.05, 3.63) is 89.0 Å². The van der Waals surface area contributed by atoms with Crippen LogP contribution in [0.15, 0.2) is 66.7 Å². The van der Waals surface area contributed by atoms with Gasteiger partial charge in [-0.05, 0) is 49.2 Å². The highest BCUT2D eigenvalue weighted by molar-refractivity contribution is 7.92. The van der Waals surface area contributed by atoms with Crippen molar-refractivity contribution in [2.75, 3.05) is 10.6 Å². The number of nitrogens with one attached hydrogen (secondary N) is 1. The Morgan fingerprint density at radius 3 is 2.23 bits per heavy atom. The number of sulfonamides is 1. The van der Waals surface area contributed by atoms with E-state index in [2.05, 4.69) is 5.32 Å². The summed E-state index contributed by atoms with van der Waals surface area (Å²) in [6, 6.07) is 20.0. The highest BCUT2D eigenvalue weighted by Gasteiger charge is 2.33. The molecule has 0 spiro atoms. The molecule has 2 heterocycles. The fourth-order valence-electron chi connectivity index (χ4n) is 4.53. The van der Waals surface area contributed by atoms with Crippen LogP contribution < -0.4 is 14.4 Å². The van der Waals surface area contributed by atoms with Gasteiger partial charge in [0.2, 0.25) is 10.0 Å². The van der Waals surface area contributed by atoms with Gasteiger partial charge in [0.1, 0.15) is 11.5 Å². The molecule has 0 bridgehead atoms. The molecule has 7 heteroatoms. The summed E-state index contributed by atoms with van der Waals surface area (Å²) in [7, 11) is -3.37. The molecular formula is C24H22N2O4S. The van der Waals surface area contributed by atoms with Gasteiger partial charge < -0.3 is 10.1 Å². The lowest BCUT2D eigenvalue weighted by Crippen LogP contribution is -2.34. The van der Waals surface area contributed by atoms with Gasteiger partial charge in [0.05, 0.1) is 18.0 Å². The molecule has 31 heavy (non-hydrogen) atoms. The highest BCUT2D eigenvalue weighted by Crippen LogP contribution is 2.42. The van der Waals surface area contributed by atoms with Gasteiger partial charge in [-0.3, -0.25) is 9.10 Å². The fraction of sp³-hybridized carbons (Fsp3) is 0.208. The standard InChI is InChI=1S/C24H22N2O4S/c1-15-13-17-14-16(11-12-20(17)26(15)31(2,28)29)24(27)25-23-18-7-3-5-9-21(18)30-22-10-6-4-8-19(22)23/h3-12,14-15,23H,13H2,1-2H3,(H,25,27). The first-order valence-corrected chi connectivity index (χ1v) is 12.0. The number of amides is 1. The molecular weight excluding hydrogens is 412 g/mol. The van der Waals surface area contributed by atoms with Gasteiger partial charge in [-0.15, -0.1) is 0 Å². The number of hydrogen-bond donors (Lipinski definition) is 1. The van der Waals surface area contributed by atoms with E-state index in [4.69, 9.17) is 4.74 Å². The van der Waals surface area contributed by atoms with Crippen LogP contribution in [0.3, 0.4) is 0 Å². The minimum Gasteiger partial charge on any atom is -0.457 e. The van der Waals surface area contributed by atoms with Gasteiger partial charge >= 0.3 is 0 Å². The van der Waals surface area contributed by atoms with Crippen LogP contribution in [0.2, 0.25) is 0 Å². The lowest BCUT2D eigenvalue weighted by atomic mass is 9.94. The van der Waals surface area contributed by atoms with Crippen molar-refractivity contribution < 1.29 is 17.9 Å². The third kappa shape index (κ3) is 3.35. The number of carbonyl (C=O) groups is 1. The first kappa shape index (κ1) is 19.6. The molecule has 1 unspecified atom stereocenters. The molecule has 0 saturated heterocycles. The zero-order valence-electron chi connectivity index (χ0n) is 17.2. The topological polar surface area (TPSA) is 75.7 Å². The quantitative estimate of drug-likeness (QED) is 0.676. The average Bonchev–Trinajstić information content (AvgIpc) is 3.08. The van der Waals surface area contributed by atoms with Gasteiger partial charge in [0.15, 0.2) is 0 Å². The van der Waals surface area contributed by atoms with E-state index in [1.807, 2.05) is 55.5 Å². The molecule has 0 fully saturated rings. The van der Waals surface area contributed by atoms with Crippen molar-refractivity contribution in [3.8, 4) is 11.5 Å². The second kappa shape index (κ2) is 7.13. The predicted octanol–water partition coefficient (Wildman–Crippen LogP) is 4.02. The first-order valence-electron chi connectivity index (χ1n) is 10.1. The van der Waals surface area contributed by atoms with Gasteiger partial charge in [-0.2, -0.15) is 0 Å². The van der Waals surface area contributed by atoms with Crippen LogP contribution in [0, 0.1) is 0 Å². The largest absolute Gasteiger partial charge is 0.457 e. The van der Waals surface area contributed by atoms with Crippen LogP contribution in [0.4, 0.5) is 5.69 Å². The number of hydrogen-bond acceptors (Lipinski definition) is 4. The van der Waals surface area contributed by atoms with Crippen molar-refractivity contribution >= 4 is 21.6 Å². The van der Waals surface area contributed by atoms with Crippen LogP contribution in [0.1, 0.15) is 40.0 Å². The molecule has 5 rings (SSSR count). The number of fused-ring (bicyclic) bond motifs is 3. The van der Waals surface area contributed by atoms with E-state index in [-0.39, 0.29) is 18.0 Å². The van der Waals surface area contributed by atoms with Crippen LogP contribution in [-0.4, -0.2) is 26.6 Å². The minimum atomic E-state index is -3.37. The molecule has 1 amide bonds. The Hall–Kier alpha value is -3.32. The molecule has 0 aliphatic carbocycles. The van der Waals surface area contributed by atoms with E-state index in [0.717, 1.165) is 28.2 Å². The van der Waals surface area contributed by atoms with Crippen molar-refractivity contribution in [1.29, 1.82) is 0 Å². The molecule has 3 aromatic rings. The predicted molar refractivity (Wildman–Crippen MR) is 119 cm³/mol. The van der Waals surface area contributed by atoms with Gasteiger partial charge in [-0.1, -0.05) is 36.4 Å². The lowest BCUT2D eigenvalue weighted by molar-refractivity contribution is 0.0941. The number of benzene rings is 3. The van der Waals surface area contributed by atoms with Gasteiger partial charge in [0, 0.05) is 22.7 Å². The van der Waals surface area contributed by atoms with E-state index in [1.165, 1.54) is 10.6 Å². The van der Waals surface area contributed by atoms with E-state index >= 15 is 0 Å². The Bertz CT molecular complexity index is 1260. The molecule has 1 atom stereocenters. The van der Waals surface area contributed by atoms with E-state index < -0.39 is 10.0 Å². The summed E-state index contributed by atoms with van der Waals surface area (Å²) in [6.45, 7) is 1.87. The Kier molecular flexibility index (Phi) is 4.51. The maximum absolute atomic E-state index is 13.2. The molecule has 0 aromatic heterocycles. The van der Waals surface area contributed by atoms with Crippen molar-refractivity contribution in [3.63, 3.8) is 0 Å². The Labute approximate surface area is 181 Å². The molecule has 1 N–H and O–H groups in total. The summed E-state index contributed by atoms with van der Waals surface area (Å²) >= 11 is 0. The third-order valence-electron chi connectivity index (χ3n) is 5.81. The smallest absolute Gasteiger partial charge is 0.252 e. The van der Waals surface area contributed by atoms with E-state index in [0.29, 0.717) is 17.7 Å². The minimum absolute atomic E-state index is 0.169. The van der Waals surface area contributed by atoms with Crippen molar-refractivity contribution in [2.45, 2.75) is 25.4 Å². The maximum Gasteiger partial charge on any atom is 0.252 e. The van der Waals surface area contributed by atoms with Gasteiger partial charge in [-0.25, -0.2) is 8.42 Å². The summed E-state index contributed by atoms with van der Waals surface area (Å²) in [6.07, 6.45) is 1.78. The maximum atomic E-state index is 13.2. The second-order valence-corrected chi connectivity index (χ2v) is 9.90. The second-order valence-electron chi connectivity index (χ2n) is 8.04. The number of carbonyl (C=O) groups excluding carboxylic acids is 1. The van der Waals surface area contributed by atoms with Gasteiger partial charge in [0.25, 0.3) is 5.91 Å². The Morgan fingerprint density at radius 2 is 1.61 bits per heavy atom. The summed E-state index contributed by atoms with van der Waals surface area (Å²) in [5, 5.41) is 3.14. The third-order valence-corrected chi connectivity index (χ3v) is 7.08. The molecule has 2 aliphatic heterocycles. The number of ether oxygens (including phenoxy) is 1. The molecule has 2 aliphatic rings. The highest BCUT2D eigenvalue weighted by atomic mass is 32.2. The molecule has 3 aromatic carbocycles. The zero-order valence-corrected chi connectivity index (χ0v) is 18.0. The Morgan fingerprint density at radius 1 is 1.00 bits per heavy atom. The number of para-hydroxylation sites is 2. The van der Waals surface area contributed by atoms with E-state index in [9.17, 15) is 13.2 Å². The fourth-order valence-corrected chi connectivity index (χ4v) is 5.79. The summed E-state index contributed by atoms with van der Waals surface area (Å²) in [5.41, 5.74) is 3.80. The molecule has 0 radical (unpaired) electrons. The van der Waals surface area contributed by atoms with Crippen LogP contribution in [0.25, 0.3) is 0 Å². The summed E-state index contributed by atoms with van der Waals surface area (Å²) < 4.78 is 31.7. The van der Waals surface area contributed by atoms with E-state index in [1.54, 1.807) is 18.2 Å². The zero-order chi connectivity index (χ0) is 21.8. The SMILES string of the molecule is CC1Cc2cc(C(=O)NC3c4ccccc4Oc4ccccc43)ccc2N1S(C)(=O)=O. The first-order chi connectivity index (χ1) is 14.8. The lowest BCUT2D eigenvalue weighted by Gasteiger charge is -2.29. The van der Waals surface area contributed by atoms with Crippen LogP contribution in [0.5, 0.6) is 11.5 Å². The van der Waals surface area contributed by atoms with Crippen LogP contribution in [-0.2, 0) is 16.4 Å². The normalized spacial score (nSPS) is 17.4. The number of rotatable bonds is 3. The average molecular weight is 435 g/mol. The monoisotopic (exact) mass is 434 g/mol. The van der Waals surface area contributed by atoms with Crippen molar-refractivity contribution in [2.24, 2.45) is 0 Å².